The van der Waals surface area contributed by atoms with E-state index in [0.29, 0.717) is 0 Å². The third-order valence-corrected chi connectivity index (χ3v) is 5.09. The number of rotatable bonds is 3. The van der Waals surface area contributed by atoms with Gasteiger partial charge in [0.25, 0.3) is 0 Å². The van der Waals surface area contributed by atoms with Crippen LogP contribution in [0.3, 0.4) is 0 Å². The number of carboxylic acids is 1. The first-order valence-corrected chi connectivity index (χ1v) is 7.33. The average Bonchev–Trinajstić information content (AvgIpc) is 2.73. The zero-order valence-corrected chi connectivity index (χ0v) is 11.3. The van der Waals surface area contributed by atoms with E-state index in [-0.39, 0.29) is 17.9 Å². The Morgan fingerprint density at radius 2 is 1.95 bits per heavy atom. The van der Waals surface area contributed by atoms with Crippen LogP contribution in [0.5, 0.6) is 0 Å². The van der Waals surface area contributed by atoms with Crippen LogP contribution in [-0.2, 0) is 14.8 Å². The van der Waals surface area contributed by atoms with Crippen molar-refractivity contribution in [3.8, 4) is 0 Å². The standard InChI is InChI=1S/C12H16N2O4S/c1-8-2-4-10(5-3-8)19(17,18)14-7-9(13)6-11(14)12(15)16/h2-5,9,11H,6-7,13H2,1H3,(H,15,16)/t9-,11-/m0/s1. The van der Waals surface area contributed by atoms with E-state index >= 15 is 0 Å². The number of hydrogen-bond donors (Lipinski definition) is 2. The predicted molar refractivity (Wildman–Crippen MR) is 69.1 cm³/mol. The van der Waals surface area contributed by atoms with Crippen molar-refractivity contribution in [2.75, 3.05) is 6.54 Å². The minimum Gasteiger partial charge on any atom is -0.480 e. The normalized spacial score (nSPS) is 24.5. The molecule has 0 aromatic heterocycles. The summed E-state index contributed by atoms with van der Waals surface area (Å²) in [5.74, 6) is -1.16. The largest absolute Gasteiger partial charge is 0.480 e. The number of hydrogen-bond acceptors (Lipinski definition) is 4. The van der Waals surface area contributed by atoms with Crippen LogP contribution in [-0.4, -0.2) is 42.4 Å². The first-order valence-electron chi connectivity index (χ1n) is 5.89. The van der Waals surface area contributed by atoms with Crippen LogP contribution >= 0.6 is 0 Å². The number of carboxylic acid groups (broad SMARTS) is 1. The summed E-state index contributed by atoms with van der Waals surface area (Å²) in [5.41, 5.74) is 6.62. The van der Waals surface area contributed by atoms with Crippen molar-refractivity contribution in [1.82, 2.24) is 4.31 Å². The van der Waals surface area contributed by atoms with Gasteiger partial charge in [0.2, 0.25) is 10.0 Å². The summed E-state index contributed by atoms with van der Waals surface area (Å²) >= 11 is 0. The molecule has 0 aliphatic carbocycles. The second kappa shape index (κ2) is 4.92. The third kappa shape index (κ3) is 2.63. The van der Waals surface area contributed by atoms with E-state index in [1.807, 2.05) is 6.92 Å². The van der Waals surface area contributed by atoms with Crippen molar-refractivity contribution in [3.05, 3.63) is 29.8 Å². The molecule has 0 saturated carbocycles. The molecule has 104 valence electrons. The first-order chi connectivity index (χ1) is 8.82. The van der Waals surface area contributed by atoms with Crippen LogP contribution in [0.4, 0.5) is 0 Å². The van der Waals surface area contributed by atoms with E-state index in [1.54, 1.807) is 12.1 Å². The van der Waals surface area contributed by atoms with Gasteiger partial charge in [-0.05, 0) is 25.5 Å². The number of aryl methyl sites for hydroxylation is 1. The summed E-state index contributed by atoms with van der Waals surface area (Å²) < 4.78 is 25.8. The molecule has 6 nitrogen and oxygen atoms in total. The van der Waals surface area contributed by atoms with Gasteiger partial charge >= 0.3 is 5.97 Å². The maximum absolute atomic E-state index is 12.4. The molecule has 0 radical (unpaired) electrons. The van der Waals surface area contributed by atoms with Gasteiger partial charge in [-0.2, -0.15) is 4.31 Å². The van der Waals surface area contributed by atoms with Gasteiger partial charge < -0.3 is 10.8 Å². The van der Waals surface area contributed by atoms with E-state index in [0.717, 1.165) is 9.87 Å². The Bertz CT molecular complexity index is 582. The number of nitrogens with zero attached hydrogens (tertiary/aromatic N) is 1. The first kappa shape index (κ1) is 14.0. The van der Waals surface area contributed by atoms with Crippen molar-refractivity contribution >= 4 is 16.0 Å². The van der Waals surface area contributed by atoms with Crippen LogP contribution < -0.4 is 5.73 Å². The van der Waals surface area contributed by atoms with Crippen LogP contribution in [0.1, 0.15) is 12.0 Å². The molecule has 0 spiro atoms. The highest BCUT2D eigenvalue weighted by Crippen LogP contribution is 2.25. The molecule has 7 heteroatoms. The van der Waals surface area contributed by atoms with Gasteiger partial charge in [0, 0.05) is 12.6 Å². The molecule has 1 heterocycles. The molecule has 1 aromatic rings. The minimum atomic E-state index is -3.81. The lowest BCUT2D eigenvalue weighted by atomic mass is 10.2. The second-order valence-corrected chi connectivity index (χ2v) is 6.63. The SMILES string of the molecule is Cc1ccc(S(=O)(=O)N2C[C@@H](N)C[C@H]2C(=O)O)cc1. The summed E-state index contributed by atoms with van der Waals surface area (Å²) in [6.45, 7) is 1.88. The lowest BCUT2D eigenvalue weighted by Crippen LogP contribution is -2.40. The minimum absolute atomic E-state index is 0.0349. The number of benzene rings is 1. The monoisotopic (exact) mass is 284 g/mol. The number of sulfonamides is 1. The average molecular weight is 284 g/mol. The van der Waals surface area contributed by atoms with Gasteiger partial charge in [-0.25, -0.2) is 8.42 Å². The van der Waals surface area contributed by atoms with Gasteiger partial charge in [-0.1, -0.05) is 17.7 Å². The molecule has 0 unspecified atom stereocenters. The quantitative estimate of drug-likeness (QED) is 0.824. The van der Waals surface area contributed by atoms with Crippen LogP contribution in [0.25, 0.3) is 0 Å². The van der Waals surface area contributed by atoms with Crippen LogP contribution in [0, 0.1) is 6.92 Å². The molecule has 19 heavy (non-hydrogen) atoms. The van der Waals surface area contributed by atoms with Crippen molar-refractivity contribution in [2.45, 2.75) is 30.3 Å². The molecular formula is C12H16N2O4S. The maximum atomic E-state index is 12.4. The summed E-state index contributed by atoms with van der Waals surface area (Å²) in [4.78, 5) is 11.2. The second-order valence-electron chi connectivity index (χ2n) is 4.74. The van der Waals surface area contributed by atoms with Crippen molar-refractivity contribution in [1.29, 1.82) is 0 Å². The van der Waals surface area contributed by atoms with Crippen molar-refractivity contribution in [3.63, 3.8) is 0 Å². The predicted octanol–water partition coefficient (Wildman–Crippen LogP) is 0.170. The van der Waals surface area contributed by atoms with E-state index in [9.17, 15) is 13.2 Å². The summed E-state index contributed by atoms with van der Waals surface area (Å²) in [7, 11) is -3.81. The number of nitrogens with two attached hydrogens (primary N) is 1. The van der Waals surface area contributed by atoms with E-state index in [1.165, 1.54) is 12.1 Å². The summed E-state index contributed by atoms with van der Waals surface area (Å²) in [6.07, 6.45) is 0.139. The number of aliphatic carboxylic acids is 1. The summed E-state index contributed by atoms with van der Waals surface area (Å²) in [5, 5.41) is 9.09. The number of carbonyl (C=O) groups is 1. The van der Waals surface area contributed by atoms with E-state index < -0.39 is 28.1 Å². The molecule has 1 aliphatic rings. The van der Waals surface area contributed by atoms with Gasteiger partial charge in [0.05, 0.1) is 4.90 Å². The van der Waals surface area contributed by atoms with E-state index in [2.05, 4.69) is 0 Å². The Morgan fingerprint density at radius 3 is 2.47 bits per heavy atom. The Balaban J connectivity index is 2.38. The van der Waals surface area contributed by atoms with Crippen molar-refractivity contribution in [2.24, 2.45) is 5.73 Å². The van der Waals surface area contributed by atoms with Gasteiger partial charge in [0.15, 0.2) is 0 Å². The zero-order valence-electron chi connectivity index (χ0n) is 10.5. The molecule has 0 amide bonds. The molecule has 2 rings (SSSR count). The third-order valence-electron chi connectivity index (χ3n) is 3.20. The molecule has 2 atom stereocenters. The zero-order chi connectivity index (χ0) is 14.2. The van der Waals surface area contributed by atoms with E-state index in [4.69, 9.17) is 10.8 Å². The van der Waals surface area contributed by atoms with Gasteiger partial charge in [0.1, 0.15) is 6.04 Å². The molecule has 1 saturated heterocycles. The Hall–Kier alpha value is -1.44. The molecule has 1 aromatic carbocycles. The fourth-order valence-corrected chi connectivity index (χ4v) is 3.82. The molecule has 0 bridgehead atoms. The molecule has 1 aliphatic heterocycles. The lowest BCUT2D eigenvalue weighted by molar-refractivity contribution is -0.140. The van der Waals surface area contributed by atoms with Crippen LogP contribution in [0.15, 0.2) is 29.2 Å². The lowest BCUT2D eigenvalue weighted by Gasteiger charge is -2.20. The fourth-order valence-electron chi connectivity index (χ4n) is 2.17. The smallest absolute Gasteiger partial charge is 0.322 e. The highest BCUT2D eigenvalue weighted by atomic mass is 32.2. The van der Waals surface area contributed by atoms with Crippen LogP contribution in [0.2, 0.25) is 0 Å². The fraction of sp³-hybridized carbons (Fsp3) is 0.417. The topological polar surface area (TPSA) is 101 Å². The molecule has 3 N–H and O–H groups in total. The molecular weight excluding hydrogens is 268 g/mol. The van der Waals surface area contributed by atoms with Gasteiger partial charge in [-0.3, -0.25) is 4.79 Å². The summed E-state index contributed by atoms with van der Waals surface area (Å²) in [6, 6.07) is 4.79. The molecule has 1 fully saturated rings. The Kier molecular flexibility index (Phi) is 3.62. The van der Waals surface area contributed by atoms with Crippen molar-refractivity contribution < 1.29 is 18.3 Å². The highest BCUT2D eigenvalue weighted by molar-refractivity contribution is 7.89. The van der Waals surface area contributed by atoms with Gasteiger partial charge in [-0.15, -0.1) is 0 Å². The highest BCUT2D eigenvalue weighted by Gasteiger charge is 2.42. The Labute approximate surface area is 111 Å². The Morgan fingerprint density at radius 1 is 1.37 bits per heavy atom. The maximum Gasteiger partial charge on any atom is 0.322 e.